The number of hydrogen-bond acceptors (Lipinski definition) is 3. The predicted molar refractivity (Wildman–Crippen MR) is 201 cm³/mol. The SMILES string of the molecule is Cc1cccc(C(=O)N2c3ccc(C(c4ccccc4)(c4ccccc4)c4ccccc4)cc3[C@](C)(c3ccc([N+](=O)[O-])cc3)CC2(C)C)c1. The molecule has 0 aromatic heterocycles. The molecule has 0 saturated carbocycles. The van der Waals surface area contributed by atoms with Crippen LogP contribution in [0.1, 0.15) is 76.5 Å². The first-order valence-corrected chi connectivity index (χ1v) is 17.0. The molecule has 0 spiro atoms. The molecular formula is C45H40N2O3. The maximum absolute atomic E-state index is 14.6. The Hall–Kier alpha value is -5.81. The van der Waals surface area contributed by atoms with E-state index in [1.807, 2.05) is 66.4 Å². The number of aryl methyl sites for hydroxylation is 1. The van der Waals surface area contributed by atoms with Crippen LogP contribution in [-0.2, 0) is 10.8 Å². The van der Waals surface area contributed by atoms with Gasteiger partial charge in [0.25, 0.3) is 11.6 Å². The summed E-state index contributed by atoms with van der Waals surface area (Å²) in [6.07, 6.45) is 0.598. The number of nitro benzene ring substituents is 1. The van der Waals surface area contributed by atoms with Crippen molar-refractivity contribution in [3.8, 4) is 0 Å². The number of amides is 1. The van der Waals surface area contributed by atoms with E-state index in [0.717, 1.165) is 44.6 Å². The molecule has 0 aliphatic carbocycles. The van der Waals surface area contributed by atoms with Crippen LogP contribution >= 0.6 is 0 Å². The number of carbonyl (C=O) groups is 1. The van der Waals surface area contributed by atoms with Gasteiger partial charge in [0.2, 0.25) is 0 Å². The van der Waals surface area contributed by atoms with E-state index < -0.39 is 16.4 Å². The smallest absolute Gasteiger partial charge is 0.269 e. The van der Waals surface area contributed by atoms with Crippen LogP contribution in [0.5, 0.6) is 0 Å². The standard InChI is InChI=1S/C45H40N2O3/c1-32-15-14-16-33(29-32)42(48)46-41-28-25-38(30-40(41)44(4,31-43(46,2)3)34-23-26-39(27-24-34)47(49)50)45(35-17-8-5-9-18-35,36-19-10-6-11-20-36)37-21-12-7-13-22-37/h5-30H,31H2,1-4H3/t44-/m0/s1. The van der Waals surface area contributed by atoms with Gasteiger partial charge in [0.1, 0.15) is 0 Å². The zero-order valence-electron chi connectivity index (χ0n) is 28.8. The second-order valence-electron chi connectivity index (χ2n) is 14.2. The second kappa shape index (κ2) is 12.6. The van der Waals surface area contributed by atoms with Crippen molar-refractivity contribution in [1.82, 2.24) is 0 Å². The first-order chi connectivity index (χ1) is 24.1. The highest BCUT2D eigenvalue weighted by atomic mass is 16.6. The molecule has 7 rings (SSSR count). The van der Waals surface area contributed by atoms with Crippen LogP contribution in [-0.4, -0.2) is 16.4 Å². The van der Waals surface area contributed by atoms with E-state index >= 15 is 0 Å². The average Bonchev–Trinajstić information content (AvgIpc) is 3.13. The lowest BCUT2D eigenvalue weighted by Crippen LogP contribution is -2.56. The molecule has 5 nitrogen and oxygen atoms in total. The van der Waals surface area contributed by atoms with Gasteiger partial charge in [-0.15, -0.1) is 0 Å². The van der Waals surface area contributed by atoms with E-state index in [9.17, 15) is 14.9 Å². The average molecular weight is 657 g/mol. The quantitative estimate of drug-likeness (QED) is 0.0976. The van der Waals surface area contributed by atoms with Crippen molar-refractivity contribution in [3.05, 3.63) is 212 Å². The molecule has 50 heavy (non-hydrogen) atoms. The molecule has 0 N–H and O–H groups in total. The van der Waals surface area contributed by atoms with Gasteiger partial charge in [-0.3, -0.25) is 14.9 Å². The molecule has 1 atom stereocenters. The highest BCUT2D eigenvalue weighted by Crippen LogP contribution is 2.54. The van der Waals surface area contributed by atoms with Crippen molar-refractivity contribution in [3.63, 3.8) is 0 Å². The Morgan fingerprint density at radius 1 is 0.660 bits per heavy atom. The summed E-state index contributed by atoms with van der Waals surface area (Å²) in [6, 6.07) is 53.0. The van der Waals surface area contributed by atoms with Crippen LogP contribution in [0.4, 0.5) is 11.4 Å². The Balaban J connectivity index is 1.55. The Labute approximate surface area is 294 Å². The third kappa shape index (κ3) is 5.39. The fourth-order valence-electron chi connectivity index (χ4n) is 8.34. The van der Waals surface area contributed by atoms with Crippen LogP contribution in [0.3, 0.4) is 0 Å². The summed E-state index contributed by atoms with van der Waals surface area (Å²) < 4.78 is 0. The summed E-state index contributed by atoms with van der Waals surface area (Å²) in [4.78, 5) is 27.9. The van der Waals surface area contributed by atoms with Crippen molar-refractivity contribution in [2.24, 2.45) is 0 Å². The molecule has 0 unspecified atom stereocenters. The van der Waals surface area contributed by atoms with Gasteiger partial charge < -0.3 is 4.90 Å². The van der Waals surface area contributed by atoms with Gasteiger partial charge >= 0.3 is 0 Å². The van der Waals surface area contributed by atoms with Crippen molar-refractivity contribution in [2.75, 3.05) is 4.90 Å². The minimum absolute atomic E-state index is 0.0499. The second-order valence-corrected chi connectivity index (χ2v) is 14.2. The molecule has 0 saturated heterocycles. The monoisotopic (exact) mass is 656 g/mol. The predicted octanol–water partition coefficient (Wildman–Crippen LogP) is 10.4. The number of nitrogens with zero attached hydrogens (tertiary/aromatic N) is 2. The van der Waals surface area contributed by atoms with Gasteiger partial charge in [-0.1, -0.05) is 140 Å². The van der Waals surface area contributed by atoms with Gasteiger partial charge in [-0.2, -0.15) is 0 Å². The molecule has 5 heteroatoms. The van der Waals surface area contributed by atoms with Crippen molar-refractivity contribution >= 4 is 17.3 Å². The van der Waals surface area contributed by atoms with Crippen molar-refractivity contribution < 1.29 is 9.72 Å². The van der Waals surface area contributed by atoms with Gasteiger partial charge in [0, 0.05) is 34.3 Å². The molecular weight excluding hydrogens is 617 g/mol. The highest BCUT2D eigenvalue weighted by molar-refractivity contribution is 6.08. The maximum Gasteiger partial charge on any atom is 0.269 e. The van der Waals surface area contributed by atoms with Crippen LogP contribution in [0, 0.1) is 17.0 Å². The Bertz CT molecular complexity index is 2080. The molecule has 0 fully saturated rings. The largest absolute Gasteiger partial charge is 0.302 e. The first kappa shape index (κ1) is 32.7. The van der Waals surface area contributed by atoms with E-state index in [0.29, 0.717) is 12.0 Å². The van der Waals surface area contributed by atoms with Crippen molar-refractivity contribution in [2.45, 2.75) is 50.5 Å². The minimum Gasteiger partial charge on any atom is -0.302 e. The summed E-state index contributed by atoms with van der Waals surface area (Å²) >= 11 is 0. The van der Waals surface area contributed by atoms with Gasteiger partial charge in [-0.05, 0) is 78.8 Å². The topological polar surface area (TPSA) is 63.5 Å². The lowest BCUT2D eigenvalue weighted by molar-refractivity contribution is -0.384. The van der Waals surface area contributed by atoms with Gasteiger partial charge in [0.15, 0.2) is 0 Å². The number of hydrogen-bond donors (Lipinski definition) is 0. The third-order valence-electron chi connectivity index (χ3n) is 10.5. The number of carbonyl (C=O) groups excluding carboxylic acids is 1. The minimum atomic E-state index is -0.687. The normalized spacial score (nSPS) is 16.8. The fourth-order valence-corrected chi connectivity index (χ4v) is 8.34. The zero-order chi connectivity index (χ0) is 35.1. The molecule has 1 heterocycles. The van der Waals surface area contributed by atoms with E-state index in [2.05, 4.69) is 112 Å². The number of benzene rings is 6. The summed E-state index contributed by atoms with van der Waals surface area (Å²) in [7, 11) is 0. The molecule has 1 aliphatic heterocycles. The van der Waals surface area contributed by atoms with Gasteiger partial charge in [-0.25, -0.2) is 0 Å². The van der Waals surface area contributed by atoms with E-state index in [1.165, 1.54) is 0 Å². The molecule has 1 amide bonds. The molecule has 6 aromatic rings. The fraction of sp³-hybridized carbons (Fsp3) is 0.178. The van der Waals surface area contributed by atoms with Crippen LogP contribution < -0.4 is 4.90 Å². The number of nitro groups is 1. The van der Waals surface area contributed by atoms with Crippen LogP contribution in [0.2, 0.25) is 0 Å². The first-order valence-electron chi connectivity index (χ1n) is 17.0. The number of fused-ring (bicyclic) bond motifs is 1. The van der Waals surface area contributed by atoms with Gasteiger partial charge in [0.05, 0.1) is 10.3 Å². The zero-order valence-corrected chi connectivity index (χ0v) is 28.8. The highest BCUT2D eigenvalue weighted by Gasteiger charge is 2.49. The Morgan fingerprint density at radius 2 is 1.20 bits per heavy atom. The summed E-state index contributed by atoms with van der Waals surface area (Å²) in [5.74, 6) is -0.0566. The lowest BCUT2D eigenvalue weighted by Gasteiger charge is -2.52. The van der Waals surface area contributed by atoms with E-state index in [1.54, 1.807) is 12.1 Å². The van der Waals surface area contributed by atoms with Crippen LogP contribution in [0.15, 0.2) is 158 Å². The van der Waals surface area contributed by atoms with E-state index in [-0.39, 0.29) is 16.5 Å². The maximum atomic E-state index is 14.6. The van der Waals surface area contributed by atoms with Crippen molar-refractivity contribution in [1.29, 1.82) is 0 Å². The molecule has 1 aliphatic rings. The summed E-state index contributed by atoms with van der Waals surface area (Å²) in [5.41, 5.74) is 7.06. The molecule has 0 bridgehead atoms. The molecule has 248 valence electrons. The third-order valence-corrected chi connectivity index (χ3v) is 10.5. The lowest BCUT2D eigenvalue weighted by atomic mass is 9.61. The van der Waals surface area contributed by atoms with Crippen LogP contribution in [0.25, 0.3) is 0 Å². The number of rotatable bonds is 7. The molecule has 0 radical (unpaired) electrons. The van der Waals surface area contributed by atoms with E-state index in [4.69, 9.17) is 0 Å². The number of anilines is 1. The molecule has 6 aromatic carbocycles. The summed E-state index contributed by atoms with van der Waals surface area (Å²) in [5, 5.41) is 11.7. The Kier molecular flexibility index (Phi) is 8.23. The summed E-state index contributed by atoms with van der Waals surface area (Å²) in [6.45, 7) is 8.44. The Morgan fingerprint density at radius 3 is 1.70 bits per heavy atom. The number of non-ortho nitro benzene ring substituents is 1.